The van der Waals surface area contributed by atoms with E-state index in [1.54, 1.807) is 17.5 Å². The molecule has 0 saturated carbocycles. The predicted octanol–water partition coefficient (Wildman–Crippen LogP) is 0.0402. The van der Waals surface area contributed by atoms with Gasteiger partial charge in [-0.3, -0.25) is 4.68 Å². The van der Waals surface area contributed by atoms with Crippen LogP contribution in [0.1, 0.15) is 12.8 Å². The lowest BCUT2D eigenvalue weighted by atomic mass is 9.98. The van der Waals surface area contributed by atoms with Crippen molar-refractivity contribution in [3.05, 3.63) is 12.4 Å². The molecule has 0 amide bonds. The van der Waals surface area contributed by atoms with Gasteiger partial charge in [0.1, 0.15) is 4.90 Å². The van der Waals surface area contributed by atoms with Gasteiger partial charge in [-0.15, -0.1) is 0 Å². The van der Waals surface area contributed by atoms with Crippen molar-refractivity contribution in [3.8, 4) is 0 Å². The number of hydrogen-bond acceptors (Lipinski definition) is 4. The molecule has 2 rings (SSSR count). The minimum Gasteiger partial charge on any atom is -0.319 e. The second kappa shape index (κ2) is 5.38. The number of nitrogens with one attached hydrogen (secondary N) is 1. The highest BCUT2D eigenvalue weighted by Crippen LogP contribution is 2.22. The topological polar surface area (TPSA) is 67.2 Å². The Morgan fingerprint density at radius 1 is 1.44 bits per heavy atom. The zero-order valence-electron chi connectivity index (χ0n) is 10.8. The Kier molecular flexibility index (Phi) is 4.04. The Hall–Kier alpha value is -0.920. The number of rotatable bonds is 4. The van der Waals surface area contributed by atoms with Crippen LogP contribution in [0.2, 0.25) is 0 Å². The van der Waals surface area contributed by atoms with Crippen LogP contribution in [0.4, 0.5) is 0 Å². The van der Waals surface area contributed by atoms with Gasteiger partial charge in [-0.2, -0.15) is 9.40 Å². The molecule has 2 heterocycles. The molecule has 0 atom stereocenters. The SMILES string of the molecule is CNCC1CCN(S(=O)(=O)c2cnn(C)c2)CC1. The lowest BCUT2D eigenvalue weighted by Crippen LogP contribution is -2.40. The third kappa shape index (κ3) is 2.73. The van der Waals surface area contributed by atoms with Gasteiger partial charge in [0.25, 0.3) is 0 Å². The van der Waals surface area contributed by atoms with E-state index in [9.17, 15) is 8.42 Å². The van der Waals surface area contributed by atoms with Crippen molar-refractivity contribution in [2.45, 2.75) is 17.7 Å². The molecule has 0 aromatic carbocycles. The highest BCUT2D eigenvalue weighted by Gasteiger charge is 2.29. The summed E-state index contributed by atoms with van der Waals surface area (Å²) in [5, 5.41) is 7.07. The first-order valence-corrected chi connectivity index (χ1v) is 7.61. The minimum atomic E-state index is -3.35. The Balaban J connectivity index is 2.05. The molecular weight excluding hydrogens is 252 g/mol. The third-order valence-electron chi connectivity index (χ3n) is 3.39. The van der Waals surface area contributed by atoms with Crippen LogP contribution in [0.15, 0.2) is 17.3 Å². The second-order valence-corrected chi connectivity index (χ2v) is 6.69. The van der Waals surface area contributed by atoms with Crippen molar-refractivity contribution in [1.29, 1.82) is 0 Å². The maximum Gasteiger partial charge on any atom is 0.246 e. The van der Waals surface area contributed by atoms with Gasteiger partial charge in [-0.05, 0) is 32.4 Å². The van der Waals surface area contributed by atoms with Crippen LogP contribution in [0, 0.1) is 5.92 Å². The van der Waals surface area contributed by atoms with Crippen LogP contribution < -0.4 is 5.32 Å². The average Bonchev–Trinajstić information content (AvgIpc) is 2.78. The monoisotopic (exact) mass is 272 g/mol. The molecule has 0 radical (unpaired) electrons. The number of aromatic nitrogens is 2. The highest BCUT2D eigenvalue weighted by molar-refractivity contribution is 7.89. The lowest BCUT2D eigenvalue weighted by molar-refractivity contribution is 0.270. The first kappa shape index (κ1) is 13.5. The summed E-state index contributed by atoms with van der Waals surface area (Å²) in [5.41, 5.74) is 0. The Labute approximate surface area is 108 Å². The number of piperidine rings is 1. The van der Waals surface area contributed by atoms with Gasteiger partial charge in [0, 0.05) is 26.3 Å². The number of aryl methyl sites for hydroxylation is 1. The van der Waals surface area contributed by atoms with Crippen molar-refractivity contribution in [1.82, 2.24) is 19.4 Å². The maximum absolute atomic E-state index is 12.3. The molecule has 18 heavy (non-hydrogen) atoms. The molecule has 1 aliphatic heterocycles. The maximum atomic E-state index is 12.3. The predicted molar refractivity (Wildman–Crippen MR) is 68.6 cm³/mol. The quantitative estimate of drug-likeness (QED) is 0.840. The van der Waals surface area contributed by atoms with Crippen LogP contribution in [-0.4, -0.2) is 49.2 Å². The summed E-state index contributed by atoms with van der Waals surface area (Å²) in [6.45, 7) is 2.16. The molecule has 1 aliphatic rings. The summed E-state index contributed by atoms with van der Waals surface area (Å²) >= 11 is 0. The van der Waals surface area contributed by atoms with Crippen molar-refractivity contribution in [3.63, 3.8) is 0 Å². The minimum absolute atomic E-state index is 0.289. The summed E-state index contributed by atoms with van der Waals surface area (Å²) in [4.78, 5) is 0.289. The first-order chi connectivity index (χ1) is 8.54. The van der Waals surface area contributed by atoms with Crippen LogP contribution in [0.3, 0.4) is 0 Å². The molecule has 0 unspecified atom stereocenters. The van der Waals surface area contributed by atoms with Crippen molar-refractivity contribution in [2.24, 2.45) is 13.0 Å². The third-order valence-corrected chi connectivity index (χ3v) is 5.24. The van der Waals surface area contributed by atoms with Crippen LogP contribution in [-0.2, 0) is 17.1 Å². The van der Waals surface area contributed by atoms with Gasteiger partial charge in [-0.1, -0.05) is 0 Å². The van der Waals surface area contributed by atoms with Crippen LogP contribution in [0.25, 0.3) is 0 Å². The number of sulfonamides is 1. The first-order valence-electron chi connectivity index (χ1n) is 6.17. The molecule has 0 bridgehead atoms. The van der Waals surface area contributed by atoms with E-state index in [4.69, 9.17) is 0 Å². The zero-order valence-corrected chi connectivity index (χ0v) is 11.7. The molecule has 1 saturated heterocycles. The van der Waals surface area contributed by atoms with Gasteiger partial charge in [0.05, 0.1) is 6.20 Å². The molecular formula is C11H20N4O2S. The van der Waals surface area contributed by atoms with Gasteiger partial charge >= 0.3 is 0 Å². The molecule has 7 heteroatoms. The van der Waals surface area contributed by atoms with E-state index < -0.39 is 10.0 Å². The average molecular weight is 272 g/mol. The van der Waals surface area contributed by atoms with Crippen molar-refractivity contribution >= 4 is 10.0 Å². The van der Waals surface area contributed by atoms with E-state index in [-0.39, 0.29) is 4.90 Å². The molecule has 0 spiro atoms. The van der Waals surface area contributed by atoms with E-state index in [1.165, 1.54) is 10.9 Å². The van der Waals surface area contributed by atoms with E-state index in [1.807, 2.05) is 7.05 Å². The molecule has 6 nitrogen and oxygen atoms in total. The Morgan fingerprint density at radius 3 is 2.61 bits per heavy atom. The standard InChI is InChI=1S/C11H20N4O2S/c1-12-7-10-3-5-15(6-4-10)18(16,17)11-8-13-14(2)9-11/h8-10,12H,3-7H2,1-2H3. The fourth-order valence-electron chi connectivity index (χ4n) is 2.32. The second-order valence-electron chi connectivity index (χ2n) is 4.75. The molecule has 1 fully saturated rings. The Morgan fingerprint density at radius 2 is 2.11 bits per heavy atom. The smallest absolute Gasteiger partial charge is 0.246 e. The Bertz CT molecular complexity index is 489. The number of nitrogens with zero attached hydrogens (tertiary/aromatic N) is 3. The summed E-state index contributed by atoms with van der Waals surface area (Å²) < 4.78 is 27.7. The lowest BCUT2D eigenvalue weighted by Gasteiger charge is -2.30. The molecule has 102 valence electrons. The van der Waals surface area contributed by atoms with Crippen LogP contribution in [0.5, 0.6) is 0 Å². The fourth-order valence-corrected chi connectivity index (χ4v) is 3.78. The van der Waals surface area contributed by atoms with E-state index >= 15 is 0 Å². The normalized spacial score (nSPS) is 19.2. The van der Waals surface area contributed by atoms with E-state index in [2.05, 4.69) is 10.4 Å². The summed E-state index contributed by atoms with van der Waals surface area (Å²) in [5.74, 6) is 0.579. The number of hydrogen-bond donors (Lipinski definition) is 1. The summed E-state index contributed by atoms with van der Waals surface area (Å²) in [6, 6.07) is 0. The van der Waals surface area contributed by atoms with Gasteiger partial charge in [0.15, 0.2) is 0 Å². The molecule has 1 aromatic heterocycles. The van der Waals surface area contributed by atoms with Crippen molar-refractivity contribution in [2.75, 3.05) is 26.7 Å². The van der Waals surface area contributed by atoms with Gasteiger partial charge < -0.3 is 5.32 Å². The van der Waals surface area contributed by atoms with Crippen LogP contribution >= 0.6 is 0 Å². The van der Waals surface area contributed by atoms with E-state index in [0.717, 1.165) is 19.4 Å². The fraction of sp³-hybridized carbons (Fsp3) is 0.727. The molecule has 0 aliphatic carbocycles. The van der Waals surface area contributed by atoms with Crippen molar-refractivity contribution < 1.29 is 8.42 Å². The highest BCUT2D eigenvalue weighted by atomic mass is 32.2. The molecule has 1 aromatic rings. The van der Waals surface area contributed by atoms with Gasteiger partial charge in [-0.25, -0.2) is 8.42 Å². The zero-order chi connectivity index (χ0) is 13.2. The molecule has 1 N–H and O–H groups in total. The van der Waals surface area contributed by atoms with Gasteiger partial charge in [0.2, 0.25) is 10.0 Å². The summed E-state index contributed by atoms with van der Waals surface area (Å²) in [6.07, 6.45) is 4.80. The summed E-state index contributed by atoms with van der Waals surface area (Å²) in [7, 11) is 0.300. The largest absolute Gasteiger partial charge is 0.319 e. The van der Waals surface area contributed by atoms with E-state index in [0.29, 0.717) is 19.0 Å².